The SMILES string of the molecule is C=CCNc1nnc(S[C@@H](C)C(=O)Nc2cc(C)on2)s1. The third-order valence-electron chi connectivity index (χ3n) is 2.33. The fourth-order valence-corrected chi connectivity index (χ4v) is 3.25. The van der Waals surface area contributed by atoms with Crippen LogP contribution in [-0.4, -0.2) is 33.1 Å². The van der Waals surface area contributed by atoms with E-state index < -0.39 is 0 Å². The van der Waals surface area contributed by atoms with E-state index in [1.165, 1.54) is 23.1 Å². The Kier molecular flexibility index (Phi) is 5.34. The Bertz CT molecular complexity index is 625. The van der Waals surface area contributed by atoms with Gasteiger partial charge in [0.1, 0.15) is 5.76 Å². The average molecular weight is 325 g/mol. The Balaban J connectivity index is 1.88. The number of amides is 1. The number of hydrogen-bond acceptors (Lipinski definition) is 8. The maximum Gasteiger partial charge on any atom is 0.238 e. The van der Waals surface area contributed by atoms with Gasteiger partial charge in [-0.15, -0.1) is 16.8 Å². The Morgan fingerprint density at radius 3 is 3.10 bits per heavy atom. The Labute approximate surface area is 130 Å². The van der Waals surface area contributed by atoms with Gasteiger partial charge in [-0.05, 0) is 13.8 Å². The van der Waals surface area contributed by atoms with E-state index in [2.05, 4.69) is 32.6 Å². The molecule has 9 heteroatoms. The van der Waals surface area contributed by atoms with Crippen LogP contribution in [0.25, 0.3) is 0 Å². The van der Waals surface area contributed by atoms with E-state index in [0.717, 1.165) is 4.34 Å². The predicted molar refractivity (Wildman–Crippen MR) is 83.8 cm³/mol. The summed E-state index contributed by atoms with van der Waals surface area (Å²) in [6.45, 7) is 7.80. The molecule has 2 N–H and O–H groups in total. The molecule has 7 nitrogen and oxygen atoms in total. The summed E-state index contributed by atoms with van der Waals surface area (Å²) in [5.74, 6) is 0.896. The molecule has 0 bridgehead atoms. The van der Waals surface area contributed by atoms with Crippen molar-refractivity contribution < 1.29 is 9.32 Å². The summed E-state index contributed by atoms with van der Waals surface area (Å²) in [7, 11) is 0. The predicted octanol–water partition coefficient (Wildman–Crippen LogP) is 2.55. The fraction of sp³-hybridized carbons (Fsp3) is 0.333. The van der Waals surface area contributed by atoms with Gasteiger partial charge in [0.2, 0.25) is 11.0 Å². The lowest BCUT2D eigenvalue weighted by atomic mass is 10.4. The number of nitrogens with zero attached hydrogens (tertiary/aromatic N) is 3. The summed E-state index contributed by atoms with van der Waals surface area (Å²) in [5.41, 5.74) is 0. The minimum Gasteiger partial charge on any atom is -0.360 e. The molecule has 0 aliphatic rings. The van der Waals surface area contributed by atoms with Crippen LogP contribution in [0.4, 0.5) is 10.9 Å². The molecule has 2 aromatic rings. The number of aromatic nitrogens is 3. The van der Waals surface area contributed by atoms with Crippen molar-refractivity contribution in [2.24, 2.45) is 0 Å². The van der Waals surface area contributed by atoms with Gasteiger partial charge in [0.15, 0.2) is 10.2 Å². The molecule has 0 aliphatic carbocycles. The van der Waals surface area contributed by atoms with E-state index >= 15 is 0 Å². The lowest BCUT2D eigenvalue weighted by molar-refractivity contribution is -0.115. The van der Waals surface area contributed by atoms with Crippen molar-refractivity contribution in [3.63, 3.8) is 0 Å². The van der Waals surface area contributed by atoms with Crippen molar-refractivity contribution >= 4 is 40.0 Å². The molecule has 21 heavy (non-hydrogen) atoms. The molecule has 2 rings (SSSR count). The molecule has 2 heterocycles. The fourth-order valence-electron chi connectivity index (χ4n) is 1.35. The van der Waals surface area contributed by atoms with Crippen LogP contribution in [0.3, 0.4) is 0 Å². The van der Waals surface area contributed by atoms with Crippen molar-refractivity contribution in [1.29, 1.82) is 0 Å². The number of rotatable bonds is 7. The molecule has 0 spiro atoms. The van der Waals surface area contributed by atoms with Crippen LogP contribution in [0, 0.1) is 6.92 Å². The molecular weight excluding hydrogens is 310 g/mol. The van der Waals surface area contributed by atoms with Gasteiger partial charge in [-0.3, -0.25) is 4.79 Å². The number of aryl methyl sites for hydroxylation is 1. The van der Waals surface area contributed by atoms with Crippen molar-refractivity contribution in [2.45, 2.75) is 23.4 Å². The van der Waals surface area contributed by atoms with E-state index in [0.29, 0.717) is 23.3 Å². The zero-order valence-corrected chi connectivity index (χ0v) is 13.3. The maximum absolute atomic E-state index is 12.0. The largest absolute Gasteiger partial charge is 0.360 e. The van der Waals surface area contributed by atoms with Gasteiger partial charge in [-0.1, -0.05) is 34.3 Å². The second-order valence-electron chi connectivity index (χ2n) is 4.11. The summed E-state index contributed by atoms with van der Waals surface area (Å²) < 4.78 is 5.62. The van der Waals surface area contributed by atoms with Crippen LogP contribution in [0.2, 0.25) is 0 Å². The molecule has 2 aromatic heterocycles. The monoisotopic (exact) mass is 325 g/mol. The van der Waals surface area contributed by atoms with Crippen molar-refractivity contribution in [2.75, 3.05) is 17.2 Å². The van der Waals surface area contributed by atoms with Gasteiger partial charge < -0.3 is 15.2 Å². The summed E-state index contributed by atoms with van der Waals surface area (Å²) in [5, 5.41) is 17.9. The summed E-state index contributed by atoms with van der Waals surface area (Å²) in [6, 6.07) is 1.66. The third-order valence-corrected chi connectivity index (χ3v) is 4.40. The molecule has 0 aromatic carbocycles. The first kappa shape index (κ1) is 15.5. The lowest BCUT2D eigenvalue weighted by Gasteiger charge is -2.07. The van der Waals surface area contributed by atoms with Crippen molar-refractivity contribution in [3.8, 4) is 0 Å². The Morgan fingerprint density at radius 1 is 1.62 bits per heavy atom. The molecule has 1 atom stereocenters. The van der Waals surface area contributed by atoms with E-state index in [1.807, 2.05) is 0 Å². The van der Waals surface area contributed by atoms with E-state index in [4.69, 9.17) is 4.52 Å². The number of anilines is 2. The summed E-state index contributed by atoms with van der Waals surface area (Å²) >= 11 is 2.74. The molecule has 0 saturated heterocycles. The van der Waals surface area contributed by atoms with Gasteiger partial charge in [-0.2, -0.15) is 0 Å². The highest BCUT2D eigenvalue weighted by atomic mass is 32.2. The Morgan fingerprint density at radius 2 is 2.43 bits per heavy atom. The maximum atomic E-state index is 12.0. The third kappa shape index (κ3) is 4.57. The number of hydrogen-bond donors (Lipinski definition) is 2. The molecular formula is C12H15N5O2S2. The molecule has 0 fully saturated rings. The van der Waals surface area contributed by atoms with E-state index in [1.54, 1.807) is 26.0 Å². The molecule has 0 radical (unpaired) electrons. The van der Waals surface area contributed by atoms with Gasteiger partial charge >= 0.3 is 0 Å². The number of carbonyl (C=O) groups excluding carboxylic acids is 1. The van der Waals surface area contributed by atoms with Gasteiger partial charge in [0.25, 0.3) is 0 Å². The normalized spacial score (nSPS) is 11.9. The van der Waals surface area contributed by atoms with Crippen LogP contribution in [0.5, 0.6) is 0 Å². The molecule has 0 unspecified atom stereocenters. The molecule has 0 saturated carbocycles. The van der Waals surface area contributed by atoms with Crippen LogP contribution >= 0.6 is 23.1 Å². The zero-order chi connectivity index (χ0) is 15.2. The zero-order valence-electron chi connectivity index (χ0n) is 11.6. The Hall–Kier alpha value is -1.87. The van der Waals surface area contributed by atoms with E-state index in [9.17, 15) is 4.79 Å². The first-order valence-corrected chi connectivity index (χ1v) is 7.87. The smallest absolute Gasteiger partial charge is 0.238 e. The number of thioether (sulfide) groups is 1. The second-order valence-corrected chi connectivity index (χ2v) is 6.68. The summed E-state index contributed by atoms with van der Waals surface area (Å²) in [4.78, 5) is 12.0. The average Bonchev–Trinajstić information content (AvgIpc) is 3.05. The molecule has 1 amide bonds. The number of carbonyl (C=O) groups is 1. The van der Waals surface area contributed by atoms with Crippen molar-refractivity contribution in [1.82, 2.24) is 15.4 Å². The van der Waals surface area contributed by atoms with Gasteiger partial charge in [0.05, 0.1) is 5.25 Å². The minimum absolute atomic E-state index is 0.163. The highest BCUT2D eigenvalue weighted by Gasteiger charge is 2.18. The highest BCUT2D eigenvalue weighted by molar-refractivity contribution is 8.02. The van der Waals surface area contributed by atoms with Crippen molar-refractivity contribution in [3.05, 3.63) is 24.5 Å². The highest BCUT2D eigenvalue weighted by Crippen LogP contribution is 2.29. The van der Waals surface area contributed by atoms with Crippen LogP contribution < -0.4 is 10.6 Å². The van der Waals surface area contributed by atoms with Gasteiger partial charge in [0, 0.05) is 12.6 Å². The van der Waals surface area contributed by atoms with Gasteiger partial charge in [-0.25, -0.2) is 0 Å². The van der Waals surface area contributed by atoms with Crippen LogP contribution in [-0.2, 0) is 4.79 Å². The second kappa shape index (κ2) is 7.23. The molecule has 112 valence electrons. The molecule has 0 aliphatic heterocycles. The lowest BCUT2D eigenvalue weighted by Crippen LogP contribution is -2.22. The van der Waals surface area contributed by atoms with Crippen LogP contribution in [0.1, 0.15) is 12.7 Å². The first-order valence-electron chi connectivity index (χ1n) is 6.17. The summed E-state index contributed by atoms with van der Waals surface area (Å²) in [6.07, 6.45) is 1.74. The topological polar surface area (TPSA) is 92.9 Å². The first-order chi connectivity index (χ1) is 10.1. The number of nitrogens with one attached hydrogen (secondary N) is 2. The van der Waals surface area contributed by atoms with E-state index in [-0.39, 0.29) is 11.2 Å². The quantitative estimate of drug-likeness (QED) is 0.597. The standard InChI is InChI=1S/C12H15N5O2S2/c1-4-5-13-11-15-16-12(21-11)20-8(3)10(18)14-9-6-7(2)19-17-9/h4,6,8H,1,5H2,2-3H3,(H,13,15)(H,14,17,18)/t8-/m0/s1. The minimum atomic E-state index is -0.317. The van der Waals surface area contributed by atoms with Crippen LogP contribution in [0.15, 0.2) is 27.6 Å².